The van der Waals surface area contributed by atoms with Crippen LogP contribution in [0.1, 0.15) is 31.2 Å². The van der Waals surface area contributed by atoms with Crippen molar-refractivity contribution in [3.8, 4) is 0 Å². The molecule has 0 radical (unpaired) electrons. The first-order valence-electron chi connectivity index (χ1n) is 6.71. The Bertz CT molecular complexity index is 559. The number of imide groups is 1. The standard InChI is InChI=1S/C15H16FNO2S/c1-9-6-15(8-20-9)7-12(18)17-14(19)13(15)10-2-4-11(16)5-3-10/h2-5,9,13H,6-8H2,1H3,(H,17,18,19). The topological polar surface area (TPSA) is 46.2 Å². The molecule has 0 saturated carbocycles. The smallest absolute Gasteiger partial charge is 0.234 e. The molecule has 5 heteroatoms. The molecular weight excluding hydrogens is 277 g/mol. The zero-order valence-electron chi connectivity index (χ0n) is 11.2. The van der Waals surface area contributed by atoms with E-state index in [1.54, 1.807) is 23.9 Å². The van der Waals surface area contributed by atoms with Gasteiger partial charge in [0.25, 0.3) is 0 Å². The Kier molecular flexibility index (Phi) is 3.32. The molecule has 3 atom stereocenters. The van der Waals surface area contributed by atoms with Gasteiger partial charge in [-0.2, -0.15) is 11.8 Å². The lowest BCUT2D eigenvalue weighted by atomic mass is 9.66. The van der Waals surface area contributed by atoms with Crippen LogP contribution in [-0.2, 0) is 9.59 Å². The highest BCUT2D eigenvalue weighted by atomic mass is 32.2. The Morgan fingerprint density at radius 3 is 2.60 bits per heavy atom. The van der Waals surface area contributed by atoms with Crippen LogP contribution >= 0.6 is 11.8 Å². The van der Waals surface area contributed by atoms with Crippen LogP contribution in [-0.4, -0.2) is 22.8 Å². The number of carbonyl (C=O) groups excluding carboxylic acids is 2. The van der Waals surface area contributed by atoms with Crippen molar-refractivity contribution in [1.29, 1.82) is 0 Å². The molecule has 2 saturated heterocycles. The molecule has 2 aliphatic heterocycles. The van der Waals surface area contributed by atoms with Crippen LogP contribution in [0.25, 0.3) is 0 Å². The Morgan fingerprint density at radius 2 is 2.00 bits per heavy atom. The average Bonchev–Trinajstić information content (AvgIpc) is 2.72. The van der Waals surface area contributed by atoms with Gasteiger partial charge in [-0.05, 0) is 24.1 Å². The fraction of sp³-hybridized carbons (Fsp3) is 0.467. The number of rotatable bonds is 1. The predicted octanol–water partition coefficient (Wildman–Crippen LogP) is 2.47. The van der Waals surface area contributed by atoms with Crippen molar-refractivity contribution < 1.29 is 14.0 Å². The van der Waals surface area contributed by atoms with E-state index < -0.39 is 0 Å². The Labute approximate surface area is 121 Å². The number of carbonyl (C=O) groups is 2. The van der Waals surface area contributed by atoms with E-state index in [-0.39, 0.29) is 29.0 Å². The summed E-state index contributed by atoms with van der Waals surface area (Å²) >= 11 is 1.80. The van der Waals surface area contributed by atoms with Crippen molar-refractivity contribution in [3.05, 3.63) is 35.6 Å². The Balaban J connectivity index is 2.02. The largest absolute Gasteiger partial charge is 0.296 e. The molecule has 106 valence electrons. The van der Waals surface area contributed by atoms with Crippen molar-refractivity contribution in [3.63, 3.8) is 0 Å². The average molecular weight is 293 g/mol. The molecule has 3 rings (SSSR count). The van der Waals surface area contributed by atoms with Gasteiger partial charge in [0.15, 0.2) is 0 Å². The summed E-state index contributed by atoms with van der Waals surface area (Å²) in [6.45, 7) is 2.12. The fourth-order valence-corrected chi connectivity index (χ4v) is 4.89. The molecule has 1 aromatic carbocycles. The van der Waals surface area contributed by atoms with Gasteiger partial charge in [0.05, 0.1) is 5.92 Å². The molecule has 2 amide bonds. The zero-order chi connectivity index (χ0) is 14.3. The quantitative estimate of drug-likeness (QED) is 0.809. The summed E-state index contributed by atoms with van der Waals surface area (Å²) in [7, 11) is 0. The Morgan fingerprint density at radius 1 is 1.30 bits per heavy atom. The number of piperidine rings is 1. The van der Waals surface area contributed by atoms with Gasteiger partial charge in [0.1, 0.15) is 5.82 Å². The maximum Gasteiger partial charge on any atom is 0.234 e. The van der Waals surface area contributed by atoms with Crippen molar-refractivity contribution in [2.45, 2.75) is 30.9 Å². The van der Waals surface area contributed by atoms with Crippen LogP contribution in [0.4, 0.5) is 4.39 Å². The van der Waals surface area contributed by atoms with Gasteiger partial charge in [-0.1, -0.05) is 19.1 Å². The second-order valence-corrected chi connectivity index (χ2v) is 7.19. The van der Waals surface area contributed by atoms with Crippen LogP contribution in [0.15, 0.2) is 24.3 Å². The number of benzene rings is 1. The summed E-state index contributed by atoms with van der Waals surface area (Å²) in [5, 5.41) is 2.87. The van der Waals surface area contributed by atoms with Gasteiger partial charge in [0, 0.05) is 22.8 Å². The molecule has 0 aromatic heterocycles. The molecule has 1 N–H and O–H groups in total. The first-order chi connectivity index (χ1) is 9.50. The molecule has 0 bridgehead atoms. The summed E-state index contributed by atoms with van der Waals surface area (Å²) < 4.78 is 13.1. The van der Waals surface area contributed by atoms with Crippen LogP contribution in [0.5, 0.6) is 0 Å². The third kappa shape index (κ3) is 2.24. The number of hydrogen-bond donors (Lipinski definition) is 1. The molecule has 1 spiro atoms. The highest BCUT2D eigenvalue weighted by Gasteiger charge is 2.52. The summed E-state index contributed by atoms with van der Waals surface area (Å²) in [6, 6.07) is 6.06. The molecule has 2 aliphatic rings. The first-order valence-corrected chi connectivity index (χ1v) is 7.76. The SMILES string of the molecule is CC1CC2(CS1)CC(=O)NC(=O)C2c1ccc(F)cc1. The maximum atomic E-state index is 13.1. The fourth-order valence-electron chi connectivity index (χ4n) is 3.44. The molecule has 3 unspecified atom stereocenters. The van der Waals surface area contributed by atoms with E-state index >= 15 is 0 Å². The van der Waals surface area contributed by atoms with E-state index in [0.717, 1.165) is 17.7 Å². The van der Waals surface area contributed by atoms with Crippen LogP contribution in [0.3, 0.4) is 0 Å². The van der Waals surface area contributed by atoms with E-state index in [0.29, 0.717) is 11.7 Å². The third-order valence-corrected chi connectivity index (χ3v) is 5.68. The van der Waals surface area contributed by atoms with Crippen LogP contribution in [0.2, 0.25) is 0 Å². The summed E-state index contributed by atoms with van der Waals surface area (Å²) in [6.07, 6.45) is 1.22. The second-order valence-electron chi connectivity index (χ2n) is 5.76. The van der Waals surface area contributed by atoms with E-state index in [4.69, 9.17) is 0 Å². The lowest BCUT2D eigenvalue weighted by molar-refractivity contribution is -0.139. The van der Waals surface area contributed by atoms with Gasteiger partial charge in [0.2, 0.25) is 11.8 Å². The molecule has 1 aromatic rings. The lowest BCUT2D eigenvalue weighted by Crippen LogP contribution is -2.51. The molecule has 2 fully saturated rings. The monoisotopic (exact) mass is 293 g/mol. The zero-order valence-corrected chi connectivity index (χ0v) is 12.0. The van der Waals surface area contributed by atoms with E-state index in [2.05, 4.69) is 12.2 Å². The minimum atomic E-state index is -0.363. The number of thioether (sulfide) groups is 1. The normalized spacial score (nSPS) is 33.5. The first kappa shape index (κ1) is 13.6. The molecular formula is C15H16FNO2S. The van der Waals surface area contributed by atoms with Gasteiger partial charge < -0.3 is 0 Å². The summed E-state index contributed by atoms with van der Waals surface area (Å²) in [4.78, 5) is 24.1. The second kappa shape index (κ2) is 4.88. The maximum absolute atomic E-state index is 13.1. The predicted molar refractivity (Wildman–Crippen MR) is 75.9 cm³/mol. The van der Waals surface area contributed by atoms with Crippen molar-refractivity contribution in [2.75, 3.05) is 5.75 Å². The van der Waals surface area contributed by atoms with E-state index in [1.165, 1.54) is 12.1 Å². The highest BCUT2D eigenvalue weighted by molar-refractivity contribution is 8.00. The molecule has 2 heterocycles. The lowest BCUT2D eigenvalue weighted by Gasteiger charge is -2.39. The van der Waals surface area contributed by atoms with Crippen molar-refractivity contribution in [1.82, 2.24) is 5.32 Å². The van der Waals surface area contributed by atoms with E-state index in [9.17, 15) is 14.0 Å². The van der Waals surface area contributed by atoms with E-state index in [1.807, 2.05) is 0 Å². The number of halogens is 1. The van der Waals surface area contributed by atoms with Gasteiger partial charge in [-0.25, -0.2) is 4.39 Å². The summed E-state index contributed by atoms with van der Waals surface area (Å²) in [5.74, 6) is -0.317. The minimum absolute atomic E-state index is 0.192. The van der Waals surface area contributed by atoms with Crippen molar-refractivity contribution in [2.24, 2.45) is 5.41 Å². The summed E-state index contributed by atoms with van der Waals surface area (Å²) in [5.41, 5.74) is 0.479. The number of hydrogen-bond acceptors (Lipinski definition) is 3. The molecule has 20 heavy (non-hydrogen) atoms. The third-order valence-electron chi connectivity index (χ3n) is 4.20. The van der Waals surface area contributed by atoms with Crippen molar-refractivity contribution >= 4 is 23.6 Å². The number of nitrogens with one attached hydrogen (secondary N) is 1. The van der Waals surface area contributed by atoms with Gasteiger partial charge >= 0.3 is 0 Å². The van der Waals surface area contributed by atoms with Gasteiger partial charge in [-0.15, -0.1) is 0 Å². The highest BCUT2D eigenvalue weighted by Crippen LogP contribution is 2.53. The number of amides is 2. The van der Waals surface area contributed by atoms with Crippen LogP contribution < -0.4 is 5.32 Å². The van der Waals surface area contributed by atoms with Crippen LogP contribution in [0, 0.1) is 11.2 Å². The molecule has 3 nitrogen and oxygen atoms in total. The minimum Gasteiger partial charge on any atom is -0.296 e. The Hall–Kier alpha value is -1.36. The molecule has 0 aliphatic carbocycles. The van der Waals surface area contributed by atoms with Gasteiger partial charge in [-0.3, -0.25) is 14.9 Å².